The maximum absolute atomic E-state index is 13.8. The third kappa shape index (κ3) is 8.95. The van der Waals surface area contributed by atoms with Crippen LogP contribution in [0.25, 0.3) is 0 Å². The highest BCUT2D eigenvalue weighted by atomic mass is 35.5. The second-order valence-electron chi connectivity index (χ2n) is 12.4. The van der Waals surface area contributed by atoms with Crippen LogP contribution in [0.2, 0.25) is 5.02 Å². The second-order valence-corrected chi connectivity index (χ2v) is 15.0. The lowest BCUT2D eigenvalue weighted by atomic mass is 9.76. The Morgan fingerprint density at radius 2 is 1.67 bits per heavy atom. The van der Waals surface area contributed by atoms with Crippen LogP contribution in [0.3, 0.4) is 0 Å². The summed E-state index contributed by atoms with van der Waals surface area (Å²) in [5.41, 5.74) is 7.07. The van der Waals surface area contributed by atoms with Crippen molar-refractivity contribution >= 4 is 33.4 Å². The first kappa shape index (κ1) is 36.7. The maximum Gasteiger partial charge on any atom is 0.247 e. The molecule has 0 aromatic heterocycles. The number of nitrogens with one attached hydrogen (secondary N) is 1. The highest BCUT2D eigenvalue weighted by molar-refractivity contribution is 7.93. The molecular weight excluding hydrogens is 612 g/mol. The molecule has 2 aliphatic rings. The number of amides is 2. The number of nitrogens with two attached hydrogens (primary N) is 1. The number of halogens is 1. The van der Waals surface area contributed by atoms with Gasteiger partial charge in [0.15, 0.2) is 0 Å². The molecule has 1 aliphatic carbocycles. The molecular formula is C34H49ClN4O5S. The van der Waals surface area contributed by atoms with Gasteiger partial charge < -0.3 is 20.7 Å². The quantitative estimate of drug-likeness (QED) is 0.363. The smallest absolute Gasteiger partial charge is 0.247 e. The minimum absolute atomic E-state index is 0.0343. The van der Waals surface area contributed by atoms with Gasteiger partial charge in [-0.1, -0.05) is 79.4 Å². The van der Waals surface area contributed by atoms with Crippen LogP contribution in [0.5, 0.6) is 0 Å². The van der Waals surface area contributed by atoms with E-state index in [2.05, 4.69) is 5.32 Å². The summed E-state index contributed by atoms with van der Waals surface area (Å²) >= 11 is 5.71. The van der Waals surface area contributed by atoms with Crippen molar-refractivity contribution in [3.05, 3.63) is 81.2 Å². The molecule has 2 aromatic rings. The largest absolute Gasteiger partial charge is 0.374 e. The summed E-state index contributed by atoms with van der Waals surface area (Å²) in [7, 11) is -1.93. The Labute approximate surface area is 274 Å². The molecule has 11 heteroatoms. The minimum atomic E-state index is -3.58. The first-order valence-electron chi connectivity index (χ1n) is 15.6. The lowest BCUT2D eigenvalue weighted by Crippen LogP contribution is -2.58. The monoisotopic (exact) mass is 660 g/mol. The summed E-state index contributed by atoms with van der Waals surface area (Å²) in [5.74, 6) is -0.793. The van der Waals surface area contributed by atoms with E-state index < -0.39 is 33.1 Å². The number of carbonyl (C=O) groups is 2. The minimum Gasteiger partial charge on any atom is -0.374 e. The van der Waals surface area contributed by atoms with Crippen LogP contribution < -0.4 is 11.1 Å². The summed E-state index contributed by atoms with van der Waals surface area (Å²) < 4.78 is 33.7. The molecule has 1 heterocycles. The van der Waals surface area contributed by atoms with Crippen molar-refractivity contribution in [2.24, 2.45) is 5.73 Å². The molecule has 9 nitrogen and oxygen atoms in total. The number of rotatable bonds is 10. The fraction of sp³-hybridized carbons (Fsp3) is 0.529. The molecule has 0 saturated heterocycles. The Kier molecular flexibility index (Phi) is 12.8. The molecule has 248 valence electrons. The average molecular weight is 661 g/mol. The molecule has 0 unspecified atom stereocenters. The predicted octanol–water partition coefficient (Wildman–Crippen LogP) is 5.17. The molecule has 2 amide bonds. The molecule has 0 radical (unpaired) electrons. The van der Waals surface area contributed by atoms with Crippen molar-refractivity contribution in [1.29, 1.82) is 0 Å². The number of carbonyl (C=O) groups excluding carboxylic acids is 2. The molecule has 1 fully saturated rings. The number of aryl methyl sites for hydroxylation is 1. The van der Waals surface area contributed by atoms with E-state index in [4.69, 9.17) is 22.1 Å². The highest BCUT2D eigenvalue weighted by Crippen LogP contribution is 2.48. The normalized spacial score (nSPS) is 18.2. The Morgan fingerprint density at radius 1 is 1.07 bits per heavy atom. The van der Waals surface area contributed by atoms with Crippen LogP contribution in [-0.4, -0.2) is 73.3 Å². The molecule has 45 heavy (non-hydrogen) atoms. The van der Waals surface area contributed by atoms with Crippen LogP contribution >= 0.6 is 11.6 Å². The Bertz CT molecular complexity index is 1430. The van der Waals surface area contributed by atoms with E-state index in [0.29, 0.717) is 11.4 Å². The fourth-order valence-electron chi connectivity index (χ4n) is 5.82. The summed E-state index contributed by atoms with van der Waals surface area (Å²) in [6.07, 6.45) is 4.43. The van der Waals surface area contributed by atoms with Gasteiger partial charge in [0.05, 0.1) is 29.2 Å². The summed E-state index contributed by atoms with van der Waals surface area (Å²) in [6, 6.07) is 16.4. The van der Waals surface area contributed by atoms with Crippen LogP contribution in [0.15, 0.2) is 65.1 Å². The maximum atomic E-state index is 13.8. The third-order valence-corrected chi connectivity index (χ3v) is 11.2. The first-order valence-corrected chi connectivity index (χ1v) is 17.4. The van der Waals surface area contributed by atoms with Gasteiger partial charge in [0.1, 0.15) is 6.04 Å². The molecule has 4 rings (SSSR count). The Morgan fingerprint density at radius 3 is 2.20 bits per heavy atom. The number of allylic oxidation sites excluding steroid dienone is 1. The van der Waals surface area contributed by atoms with Crippen LogP contribution in [-0.2, 0) is 31.0 Å². The highest BCUT2D eigenvalue weighted by Gasteiger charge is 2.52. The van der Waals surface area contributed by atoms with Gasteiger partial charge in [-0.25, -0.2) is 8.42 Å². The average Bonchev–Trinajstić information content (AvgIpc) is 3.14. The summed E-state index contributed by atoms with van der Waals surface area (Å²) in [4.78, 5) is 28.5. The zero-order valence-electron chi connectivity index (χ0n) is 27.4. The van der Waals surface area contributed by atoms with Crippen LogP contribution in [0.1, 0.15) is 70.9 Å². The van der Waals surface area contributed by atoms with Gasteiger partial charge >= 0.3 is 0 Å². The van der Waals surface area contributed by atoms with Crippen LogP contribution in [0.4, 0.5) is 0 Å². The van der Waals surface area contributed by atoms with E-state index in [9.17, 15) is 18.0 Å². The molecule has 1 aliphatic heterocycles. The van der Waals surface area contributed by atoms with Crippen molar-refractivity contribution in [2.45, 2.75) is 90.4 Å². The fourth-order valence-corrected chi connectivity index (χ4v) is 7.68. The van der Waals surface area contributed by atoms with Crippen molar-refractivity contribution < 1.29 is 22.7 Å². The lowest BCUT2D eigenvalue weighted by Gasteiger charge is -2.42. The first-order chi connectivity index (χ1) is 21.1. The van der Waals surface area contributed by atoms with E-state index in [0.717, 1.165) is 53.8 Å². The molecule has 1 spiro atoms. The number of likely N-dealkylation sites (N-methyl/N-ethyl adjacent to an activating group) is 2. The number of ether oxygens (including phenoxy) is 1. The third-order valence-electron chi connectivity index (χ3n) is 8.72. The van der Waals surface area contributed by atoms with Gasteiger partial charge in [-0.05, 0) is 70.2 Å². The van der Waals surface area contributed by atoms with E-state index in [1.54, 1.807) is 32.7 Å². The van der Waals surface area contributed by atoms with Gasteiger partial charge in [0, 0.05) is 25.2 Å². The molecule has 3 N–H and O–H groups in total. The molecule has 1 atom stereocenters. The van der Waals surface area contributed by atoms with E-state index in [1.807, 2.05) is 68.4 Å². The zero-order chi connectivity index (χ0) is 33.4. The number of benzene rings is 2. The van der Waals surface area contributed by atoms with Gasteiger partial charge in [0.25, 0.3) is 0 Å². The number of nitrogens with zero attached hydrogens (tertiary/aromatic N) is 2. The van der Waals surface area contributed by atoms with Crippen molar-refractivity contribution in [3.8, 4) is 0 Å². The van der Waals surface area contributed by atoms with Gasteiger partial charge in [-0.15, -0.1) is 0 Å². The van der Waals surface area contributed by atoms with E-state index >= 15 is 0 Å². The van der Waals surface area contributed by atoms with Crippen LogP contribution in [0, 0.1) is 6.92 Å². The number of hydrogen-bond acceptors (Lipinski definition) is 6. The lowest BCUT2D eigenvalue weighted by molar-refractivity contribution is -0.139. The Hall–Kier alpha value is -2.76. The molecule has 1 saturated carbocycles. The summed E-state index contributed by atoms with van der Waals surface area (Å²) in [6.45, 7) is 9.42. The second kappa shape index (κ2) is 15.7. The van der Waals surface area contributed by atoms with Crippen molar-refractivity contribution in [2.75, 3.05) is 26.7 Å². The Balaban J connectivity index is 0.000000598. The SMILES string of the molecule is CCN(CC1=C(C)S(=O)(=O)N(C)C12CCCCC2)C(=O)[C@@H](COCc1ccccc1)NC(=O)C(C)(C)N.Cc1ccccc1Cl. The standard InChI is InChI=1S/C27H42N4O5S.C7H7Cl/c1-6-31(17-22-20(2)37(34,35)30(5)27(22)15-11-8-12-16-27)24(32)23(29-25(33)26(3,4)28)19-36-18-21-13-9-7-10-14-21;1-6-4-2-3-5-7(6)8/h7,9-10,13-14,23H,6,8,11-12,15-19,28H2,1-5H3,(H,29,33);2-5H,1H3/t23-;/m1./s1. The van der Waals surface area contributed by atoms with Gasteiger partial charge in [0.2, 0.25) is 21.8 Å². The predicted molar refractivity (Wildman–Crippen MR) is 180 cm³/mol. The number of sulfonamides is 1. The zero-order valence-corrected chi connectivity index (χ0v) is 29.0. The summed E-state index contributed by atoms with van der Waals surface area (Å²) in [5, 5.41) is 3.61. The van der Waals surface area contributed by atoms with E-state index in [1.165, 1.54) is 4.31 Å². The van der Waals surface area contributed by atoms with E-state index in [-0.39, 0.29) is 25.7 Å². The molecule has 2 aromatic carbocycles. The van der Waals surface area contributed by atoms with Crippen molar-refractivity contribution in [1.82, 2.24) is 14.5 Å². The van der Waals surface area contributed by atoms with Gasteiger partial charge in [-0.3, -0.25) is 9.59 Å². The topological polar surface area (TPSA) is 122 Å². The number of hydrogen-bond donors (Lipinski definition) is 2. The molecule has 0 bridgehead atoms. The van der Waals surface area contributed by atoms with Crippen molar-refractivity contribution in [3.63, 3.8) is 0 Å². The van der Waals surface area contributed by atoms with Gasteiger partial charge in [-0.2, -0.15) is 4.31 Å².